The molecule has 2 saturated carbocycles. The van der Waals surface area contributed by atoms with Crippen molar-refractivity contribution in [3.63, 3.8) is 0 Å². The Balaban J connectivity index is 0.00000161. The Morgan fingerprint density at radius 2 is 1.81 bits per heavy atom. The minimum atomic E-state index is 0. The lowest BCUT2D eigenvalue weighted by molar-refractivity contribution is -0.138. The smallest absolute Gasteiger partial charge is 0.226 e. The van der Waals surface area contributed by atoms with Crippen LogP contribution in [0.25, 0.3) is 0 Å². The highest BCUT2D eigenvalue weighted by atomic mass is 35.5. The number of amides is 1. The highest BCUT2D eigenvalue weighted by Gasteiger charge is 2.38. The summed E-state index contributed by atoms with van der Waals surface area (Å²) in [7, 11) is 0. The van der Waals surface area contributed by atoms with Crippen molar-refractivity contribution in [2.45, 2.75) is 76.8 Å². The highest BCUT2D eigenvalue weighted by Crippen LogP contribution is 2.33. The number of hydrogen-bond acceptors (Lipinski definition) is 2. The first kappa shape index (κ1) is 17.1. The maximum Gasteiger partial charge on any atom is 0.226 e. The molecule has 1 amide bonds. The molecule has 1 heterocycles. The molecule has 2 aliphatic carbocycles. The quantitative estimate of drug-likeness (QED) is 0.863. The lowest BCUT2D eigenvalue weighted by atomic mass is 9.87. The van der Waals surface area contributed by atoms with Crippen LogP contribution in [0.15, 0.2) is 0 Å². The van der Waals surface area contributed by atoms with Crippen LogP contribution in [0.5, 0.6) is 0 Å². The Hall–Kier alpha value is -0.280. The van der Waals surface area contributed by atoms with E-state index < -0.39 is 0 Å². The molecule has 1 N–H and O–H groups in total. The SMILES string of the molecule is C[C@H]1C[C@@H](C(=O)N(CC2CCCCC2)C2CC2)CCN1.Cl. The first-order valence-electron chi connectivity index (χ1n) is 8.78. The number of hydrogen-bond donors (Lipinski definition) is 1. The molecular formula is C17H31ClN2O. The van der Waals surface area contributed by atoms with E-state index in [9.17, 15) is 4.79 Å². The third kappa shape index (κ3) is 4.59. The molecule has 3 aliphatic rings. The van der Waals surface area contributed by atoms with Crippen LogP contribution in [0.3, 0.4) is 0 Å². The fraction of sp³-hybridized carbons (Fsp3) is 0.941. The third-order valence-corrected chi connectivity index (χ3v) is 5.42. The predicted molar refractivity (Wildman–Crippen MR) is 88.7 cm³/mol. The van der Waals surface area contributed by atoms with Gasteiger partial charge < -0.3 is 10.2 Å². The van der Waals surface area contributed by atoms with Gasteiger partial charge in [0.2, 0.25) is 5.91 Å². The molecule has 2 atom stereocenters. The zero-order chi connectivity index (χ0) is 13.9. The van der Waals surface area contributed by atoms with E-state index in [1.807, 2.05) is 0 Å². The van der Waals surface area contributed by atoms with Crippen LogP contribution < -0.4 is 5.32 Å². The lowest BCUT2D eigenvalue weighted by Crippen LogP contribution is -2.46. The normalized spacial score (nSPS) is 30.5. The molecule has 0 spiro atoms. The number of nitrogens with one attached hydrogen (secondary N) is 1. The summed E-state index contributed by atoms with van der Waals surface area (Å²) < 4.78 is 0. The van der Waals surface area contributed by atoms with Gasteiger partial charge >= 0.3 is 0 Å². The molecule has 0 radical (unpaired) electrons. The minimum absolute atomic E-state index is 0. The first-order valence-corrected chi connectivity index (χ1v) is 8.78. The Labute approximate surface area is 135 Å². The second-order valence-electron chi connectivity index (χ2n) is 7.30. The summed E-state index contributed by atoms with van der Waals surface area (Å²) in [4.78, 5) is 15.2. The molecule has 21 heavy (non-hydrogen) atoms. The summed E-state index contributed by atoms with van der Waals surface area (Å²) in [6.07, 6.45) is 11.4. The summed E-state index contributed by atoms with van der Waals surface area (Å²) in [5.41, 5.74) is 0. The van der Waals surface area contributed by atoms with Crippen molar-refractivity contribution < 1.29 is 4.79 Å². The van der Waals surface area contributed by atoms with E-state index in [0.29, 0.717) is 18.0 Å². The molecule has 3 fully saturated rings. The zero-order valence-electron chi connectivity index (χ0n) is 13.4. The molecule has 0 aromatic carbocycles. The van der Waals surface area contributed by atoms with E-state index in [4.69, 9.17) is 0 Å². The Kier molecular flexibility index (Phi) is 6.36. The average Bonchev–Trinajstić information content (AvgIpc) is 3.30. The number of carbonyl (C=O) groups excluding carboxylic acids is 1. The molecule has 0 aromatic rings. The number of rotatable bonds is 4. The minimum Gasteiger partial charge on any atom is -0.339 e. The molecule has 4 heteroatoms. The topological polar surface area (TPSA) is 32.3 Å². The van der Waals surface area contributed by atoms with Crippen LogP contribution >= 0.6 is 12.4 Å². The van der Waals surface area contributed by atoms with Crippen molar-refractivity contribution in [2.24, 2.45) is 11.8 Å². The second-order valence-corrected chi connectivity index (χ2v) is 7.30. The summed E-state index contributed by atoms with van der Waals surface area (Å²) in [6.45, 7) is 4.28. The molecule has 3 rings (SSSR count). The van der Waals surface area contributed by atoms with Crippen LogP contribution in [0.2, 0.25) is 0 Å². The summed E-state index contributed by atoms with van der Waals surface area (Å²) in [5, 5.41) is 3.46. The molecule has 3 nitrogen and oxygen atoms in total. The van der Waals surface area contributed by atoms with Gasteiger partial charge in [-0.25, -0.2) is 0 Å². The van der Waals surface area contributed by atoms with E-state index in [-0.39, 0.29) is 18.3 Å². The number of nitrogens with zero attached hydrogens (tertiary/aromatic N) is 1. The Morgan fingerprint density at radius 3 is 2.43 bits per heavy atom. The number of carbonyl (C=O) groups is 1. The monoisotopic (exact) mass is 314 g/mol. The van der Waals surface area contributed by atoms with Crippen molar-refractivity contribution in [1.29, 1.82) is 0 Å². The molecule has 1 saturated heterocycles. The van der Waals surface area contributed by atoms with Crippen LogP contribution in [-0.4, -0.2) is 36.0 Å². The average molecular weight is 315 g/mol. The van der Waals surface area contributed by atoms with Crippen LogP contribution in [0, 0.1) is 11.8 Å². The molecule has 0 aromatic heterocycles. The van der Waals surface area contributed by atoms with E-state index in [0.717, 1.165) is 31.8 Å². The van der Waals surface area contributed by atoms with Gasteiger partial charge in [0.15, 0.2) is 0 Å². The zero-order valence-corrected chi connectivity index (χ0v) is 14.2. The Bertz CT molecular complexity index is 340. The maximum absolute atomic E-state index is 12.9. The molecule has 1 aliphatic heterocycles. The van der Waals surface area contributed by atoms with Gasteiger partial charge in [0, 0.05) is 24.5 Å². The maximum atomic E-state index is 12.9. The number of piperidine rings is 1. The van der Waals surface area contributed by atoms with Crippen molar-refractivity contribution in [3.8, 4) is 0 Å². The fourth-order valence-electron chi connectivity index (χ4n) is 4.04. The summed E-state index contributed by atoms with van der Waals surface area (Å²) in [5.74, 6) is 1.55. The van der Waals surface area contributed by atoms with Gasteiger partial charge in [0.05, 0.1) is 0 Å². The Morgan fingerprint density at radius 1 is 1.10 bits per heavy atom. The van der Waals surface area contributed by atoms with Gasteiger partial charge in [-0.3, -0.25) is 4.79 Å². The van der Waals surface area contributed by atoms with E-state index in [1.54, 1.807) is 0 Å². The van der Waals surface area contributed by atoms with E-state index >= 15 is 0 Å². The van der Waals surface area contributed by atoms with Crippen molar-refractivity contribution in [2.75, 3.05) is 13.1 Å². The van der Waals surface area contributed by atoms with Crippen molar-refractivity contribution >= 4 is 18.3 Å². The molecule has 0 unspecified atom stereocenters. The fourth-order valence-corrected chi connectivity index (χ4v) is 4.04. The highest BCUT2D eigenvalue weighted by molar-refractivity contribution is 5.85. The van der Waals surface area contributed by atoms with Gasteiger partial charge in [-0.15, -0.1) is 12.4 Å². The van der Waals surface area contributed by atoms with Gasteiger partial charge in [-0.1, -0.05) is 19.3 Å². The van der Waals surface area contributed by atoms with Crippen LogP contribution in [0.4, 0.5) is 0 Å². The van der Waals surface area contributed by atoms with Gasteiger partial charge in [0.25, 0.3) is 0 Å². The van der Waals surface area contributed by atoms with E-state index in [2.05, 4.69) is 17.1 Å². The summed E-state index contributed by atoms with van der Waals surface area (Å²) >= 11 is 0. The van der Waals surface area contributed by atoms with Gasteiger partial charge in [-0.2, -0.15) is 0 Å². The second kappa shape index (κ2) is 7.82. The van der Waals surface area contributed by atoms with Crippen molar-refractivity contribution in [3.05, 3.63) is 0 Å². The van der Waals surface area contributed by atoms with Gasteiger partial charge in [0.1, 0.15) is 0 Å². The molecular weight excluding hydrogens is 284 g/mol. The predicted octanol–water partition coefficient (Wildman–Crippen LogP) is 3.37. The molecule has 122 valence electrons. The van der Waals surface area contributed by atoms with Crippen LogP contribution in [-0.2, 0) is 4.79 Å². The van der Waals surface area contributed by atoms with Crippen LogP contribution in [0.1, 0.15) is 64.7 Å². The third-order valence-electron chi connectivity index (χ3n) is 5.42. The van der Waals surface area contributed by atoms with Crippen molar-refractivity contribution in [1.82, 2.24) is 10.2 Å². The largest absolute Gasteiger partial charge is 0.339 e. The van der Waals surface area contributed by atoms with E-state index in [1.165, 1.54) is 44.9 Å². The number of halogens is 1. The summed E-state index contributed by atoms with van der Waals surface area (Å²) in [6, 6.07) is 1.10. The standard InChI is InChI=1S/C17H30N2O.ClH/c1-13-11-15(9-10-18-13)17(20)19(16-7-8-16)12-14-5-3-2-4-6-14;/h13-16,18H,2-12H2,1H3;1H/t13-,15-;/m0./s1. The lowest BCUT2D eigenvalue weighted by Gasteiger charge is -2.35. The molecule has 0 bridgehead atoms. The first-order chi connectivity index (χ1) is 9.74. The van der Waals surface area contributed by atoms with Gasteiger partial charge in [-0.05, 0) is 57.9 Å².